The molecule has 0 atom stereocenters. The van der Waals surface area contributed by atoms with Crippen LogP contribution in [0.3, 0.4) is 0 Å². The number of amides is 1. The zero-order valence-corrected chi connectivity index (χ0v) is 20.6. The number of aryl methyl sites for hydroxylation is 2. The van der Waals surface area contributed by atoms with Gasteiger partial charge in [-0.05, 0) is 66.4 Å². The van der Waals surface area contributed by atoms with Crippen LogP contribution in [-0.4, -0.2) is 18.0 Å². The molecule has 6 heteroatoms. The van der Waals surface area contributed by atoms with Gasteiger partial charge >= 0.3 is 0 Å². The number of nitrogen functional groups attached to an aromatic ring is 1. The second kappa shape index (κ2) is 9.24. The second-order valence-electron chi connectivity index (χ2n) is 8.43. The van der Waals surface area contributed by atoms with Gasteiger partial charge in [-0.3, -0.25) is 4.79 Å². The topological polar surface area (TPSA) is 77.2 Å². The average molecular weight is 480 g/mol. The van der Waals surface area contributed by atoms with Gasteiger partial charge in [0.2, 0.25) is 0 Å². The molecule has 0 fully saturated rings. The van der Waals surface area contributed by atoms with Gasteiger partial charge in [-0.15, -0.1) is 11.3 Å². The van der Waals surface area contributed by atoms with Crippen LogP contribution in [0.1, 0.15) is 20.8 Å². The van der Waals surface area contributed by atoms with E-state index in [9.17, 15) is 4.79 Å². The van der Waals surface area contributed by atoms with Crippen molar-refractivity contribution in [1.29, 1.82) is 0 Å². The minimum Gasteiger partial charge on any atom is -0.497 e. The fourth-order valence-corrected chi connectivity index (χ4v) is 5.07. The predicted molar refractivity (Wildman–Crippen MR) is 145 cm³/mol. The van der Waals surface area contributed by atoms with Gasteiger partial charge in [0.05, 0.1) is 18.5 Å². The number of nitrogens with one attached hydrogen (secondary N) is 1. The van der Waals surface area contributed by atoms with Crippen LogP contribution in [-0.2, 0) is 0 Å². The van der Waals surface area contributed by atoms with E-state index in [1.54, 1.807) is 7.11 Å². The largest absolute Gasteiger partial charge is 0.497 e. The normalized spacial score (nSPS) is 10.9. The molecule has 0 aliphatic carbocycles. The SMILES string of the molecule is COc1ccc(-c2cc(-c3ccccc3)nc3sc(C(=O)Nc4ccc(C)c(C)c4)c(N)c23)cc1. The summed E-state index contributed by atoms with van der Waals surface area (Å²) in [5.74, 6) is 0.532. The lowest BCUT2D eigenvalue weighted by Crippen LogP contribution is -2.12. The Morgan fingerprint density at radius 3 is 2.34 bits per heavy atom. The van der Waals surface area contributed by atoms with Crippen LogP contribution >= 0.6 is 11.3 Å². The molecule has 0 unspecified atom stereocenters. The third-order valence-electron chi connectivity index (χ3n) is 6.14. The van der Waals surface area contributed by atoms with Crippen LogP contribution in [0.2, 0.25) is 0 Å². The number of fused-ring (bicyclic) bond motifs is 1. The summed E-state index contributed by atoms with van der Waals surface area (Å²) in [6, 6.07) is 25.7. The summed E-state index contributed by atoms with van der Waals surface area (Å²) in [7, 11) is 1.64. The molecule has 2 aromatic heterocycles. The van der Waals surface area contributed by atoms with E-state index < -0.39 is 0 Å². The van der Waals surface area contributed by atoms with E-state index in [4.69, 9.17) is 15.5 Å². The van der Waals surface area contributed by atoms with Crippen LogP contribution in [0.15, 0.2) is 78.9 Å². The summed E-state index contributed by atoms with van der Waals surface area (Å²) in [5, 5.41) is 3.78. The van der Waals surface area contributed by atoms with Gasteiger partial charge in [-0.25, -0.2) is 4.98 Å². The van der Waals surface area contributed by atoms with Crippen LogP contribution in [0.4, 0.5) is 11.4 Å². The first-order chi connectivity index (χ1) is 16.9. The molecule has 0 spiro atoms. The number of methoxy groups -OCH3 is 1. The van der Waals surface area contributed by atoms with Gasteiger partial charge in [0.25, 0.3) is 5.91 Å². The first-order valence-electron chi connectivity index (χ1n) is 11.3. The molecule has 0 saturated heterocycles. The number of benzene rings is 3. The van der Waals surface area contributed by atoms with Crippen LogP contribution in [0.25, 0.3) is 32.6 Å². The molecular formula is C29H25N3O2S. The number of anilines is 2. The number of aromatic nitrogens is 1. The number of hydrogen-bond acceptors (Lipinski definition) is 5. The molecule has 0 bridgehead atoms. The van der Waals surface area contributed by atoms with Gasteiger partial charge in [0, 0.05) is 16.6 Å². The Hall–Kier alpha value is -4.16. The van der Waals surface area contributed by atoms with Crippen molar-refractivity contribution >= 4 is 38.8 Å². The van der Waals surface area contributed by atoms with Crippen molar-refractivity contribution in [2.45, 2.75) is 13.8 Å². The molecule has 3 aromatic carbocycles. The van der Waals surface area contributed by atoms with Crippen molar-refractivity contribution in [2.75, 3.05) is 18.2 Å². The van der Waals surface area contributed by atoms with E-state index in [1.807, 2.05) is 92.7 Å². The Labute approximate surface area is 208 Å². The molecular weight excluding hydrogens is 454 g/mol. The molecule has 2 heterocycles. The third-order valence-corrected chi connectivity index (χ3v) is 7.24. The fourth-order valence-electron chi connectivity index (χ4n) is 4.05. The van der Waals surface area contributed by atoms with Crippen LogP contribution in [0.5, 0.6) is 5.75 Å². The zero-order valence-electron chi connectivity index (χ0n) is 19.8. The van der Waals surface area contributed by atoms with Gasteiger partial charge in [0.15, 0.2) is 0 Å². The Kier molecular flexibility index (Phi) is 5.97. The first kappa shape index (κ1) is 22.6. The highest BCUT2D eigenvalue weighted by atomic mass is 32.1. The summed E-state index contributed by atoms with van der Waals surface area (Å²) in [5.41, 5.74) is 13.8. The van der Waals surface area contributed by atoms with Gasteiger partial charge in [0.1, 0.15) is 15.5 Å². The van der Waals surface area contributed by atoms with Crippen molar-refractivity contribution in [3.05, 3.63) is 94.9 Å². The number of carbonyl (C=O) groups is 1. The Balaban J connectivity index is 1.65. The summed E-state index contributed by atoms with van der Waals surface area (Å²) in [6.07, 6.45) is 0. The molecule has 1 amide bonds. The number of hydrogen-bond donors (Lipinski definition) is 2. The van der Waals surface area contributed by atoms with Crippen molar-refractivity contribution in [3.8, 4) is 28.1 Å². The highest BCUT2D eigenvalue weighted by Crippen LogP contribution is 2.41. The standard InChI is InChI=1S/C29H25N3O2S/c1-17-9-12-21(15-18(17)2)31-28(33)27-26(30)25-23(19-10-13-22(34-3)14-11-19)16-24(32-29(25)35-27)20-7-5-4-6-8-20/h4-16H,30H2,1-3H3,(H,31,33). The lowest BCUT2D eigenvalue weighted by molar-refractivity contribution is 0.103. The Morgan fingerprint density at radius 1 is 0.914 bits per heavy atom. The number of pyridine rings is 1. The molecule has 5 rings (SSSR count). The third kappa shape index (κ3) is 4.36. The Morgan fingerprint density at radius 2 is 1.66 bits per heavy atom. The molecule has 174 valence electrons. The Bertz CT molecular complexity index is 1540. The van der Waals surface area contributed by atoms with Crippen LogP contribution < -0.4 is 15.8 Å². The first-order valence-corrected chi connectivity index (χ1v) is 12.1. The molecule has 0 saturated carbocycles. The van der Waals surface area contributed by atoms with Crippen molar-refractivity contribution in [1.82, 2.24) is 4.98 Å². The molecule has 35 heavy (non-hydrogen) atoms. The minimum atomic E-state index is -0.240. The highest BCUT2D eigenvalue weighted by molar-refractivity contribution is 7.21. The fraction of sp³-hybridized carbons (Fsp3) is 0.103. The number of carbonyl (C=O) groups excluding carboxylic acids is 1. The van der Waals surface area contributed by atoms with E-state index in [0.717, 1.165) is 49.6 Å². The second-order valence-corrected chi connectivity index (χ2v) is 9.43. The highest BCUT2D eigenvalue weighted by Gasteiger charge is 2.22. The summed E-state index contributed by atoms with van der Waals surface area (Å²) in [4.78, 5) is 19.3. The average Bonchev–Trinajstić information content (AvgIpc) is 3.23. The van der Waals surface area contributed by atoms with E-state index in [0.29, 0.717) is 10.6 Å². The summed E-state index contributed by atoms with van der Waals surface area (Å²) in [6.45, 7) is 4.07. The number of thiophene rings is 1. The lowest BCUT2D eigenvalue weighted by Gasteiger charge is -2.10. The summed E-state index contributed by atoms with van der Waals surface area (Å²) < 4.78 is 5.33. The molecule has 5 aromatic rings. The smallest absolute Gasteiger partial charge is 0.267 e. The maximum absolute atomic E-state index is 13.3. The summed E-state index contributed by atoms with van der Waals surface area (Å²) >= 11 is 1.31. The van der Waals surface area contributed by atoms with Crippen molar-refractivity contribution < 1.29 is 9.53 Å². The quantitative estimate of drug-likeness (QED) is 0.282. The molecule has 3 N–H and O–H groups in total. The van der Waals surface area contributed by atoms with Gasteiger partial charge in [-0.2, -0.15) is 0 Å². The molecule has 0 aliphatic rings. The number of nitrogens with two attached hydrogens (primary N) is 1. The van der Waals surface area contributed by atoms with Gasteiger partial charge < -0.3 is 15.8 Å². The molecule has 0 radical (unpaired) electrons. The van der Waals surface area contributed by atoms with Crippen molar-refractivity contribution in [2.24, 2.45) is 0 Å². The number of ether oxygens (including phenoxy) is 1. The van der Waals surface area contributed by atoms with Gasteiger partial charge in [-0.1, -0.05) is 48.5 Å². The molecule has 0 aliphatic heterocycles. The van der Waals surface area contributed by atoms with E-state index >= 15 is 0 Å². The zero-order chi connectivity index (χ0) is 24.5. The maximum Gasteiger partial charge on any atom is 0.267 e. The minimum absolute atomic E-state index is 0.240. The number of rotatable bonds is 5. The lowest BCUT2D eigenvalue weighted by atomic mass is 9.99. The van der Waals surface area contributed by atoms with Crippen LogP contribution in [0, 0.1) is 13.8 Å². The number of nitrogens with zero attached hydrogens (tertiary/aromatic N) is 1. The monoisotopic (exact) mass is 479 g/mol. The predicted octanol–water partition coefficient (Wildman–Crippen LogP) is 7.09. The maximum atomic E-state index is 13.3. The van der Waals surface area contributed by atoms with E-state index in [1.165, 1.54) is 16.9 Å². The van der Waals surface area contributed by atoms with E-state index in [-0.39, 0.29) is 5.91 Å². The molecule has 5 nitrogen and oxygen atoms in total. The van der Waals surface area contributed by atoms with Crippen molar-refractivity contribution in [3.63, 3.8) is 0 Å². The van der Waals surface area contributed by atoms with E-state index in [2.05, 4.69) is 5.32 Å².